The Hall–Kier alpha value is -2.44. The number of carboxylic acid groups (broad SMARTS) is 1. The minimum Gasteiger partial charge on any atom is -0.481 e. The first kappa shape index (κ1) is 13.2. The Morgan fingerprint density at radius 1 is 1.32 bits per heavy atom. The number of carbonyl (C=O) groups excluding carboxylic acids is 1. The van der Waals surface area contributed by atoms with Crippen LogP contribution in [0.2, 0.25) is 0 Å². The van der Waals surface area contributed by atoms with Crippen LogP contribution in [0.25, 0.3) is 11.0 Å². The summed E-state index contributed by atoms with van der Waals surface area (Å²) in [6.45, 7) is 0.838. The third kappa shape index (κ3) is 1.74. The largest absolute Gasteiger partial charge is 0.481 e. The van der Waals surface area contributed by atoms with Crippen LogP contribution in [0.1, 0.15) is 29.6 Å². The van der Waals surface area contributed by atoms with Crippen LogP contribution in [0.15, 0.2) is 18.2 Å². The molecule has 0 spiro atoms. The van der Waals surface area contributed by atoms with E-state index in [-0.39, 0.29) is 11.8 Å². The number of H-pyrrole nitrogens is 1. The summed E-state index contributed by atoms with van der Waals surface area (Å²) in [5.74, 6) is -0.818. The van der Waals surface area contributed by atoms with Crippen molar-refractivity contribution in [3.05, 3.63) is 23.8 Å². The zero-order chi connectivity index (χ0) is 15.3. The van der Waals surface area contributed by atoms with Gasteiger partial charge in [-0.25, -0.2) is 0 Å². The minimum absolute atomic E-state index is 0.0738. The second-order valence-electron chi connectivity index (χ2n) is 6.26. The molecule has 114 valence electrons. The topological polar surface area (TPSA) is 99.2 Å². The zero-order valence-electron chi connectivity index (χ0n) is 12.0. The maximum absolute atomic E-state index is 12.7. The fourth-order valence-corrected chi connectivity index (χ4v) is 3.95. The number of nitrogens with one attached hydrogen (secondary N) is 1. The highest BCUT2D eigenvalue weighted by Gasteiger charge is 2.55. The van der Waals surface area contributed by atoms with Crippen molar-refractivity contribution >= 4 is 22.9 Å². The second-order valence-corrected chi connectivity index (χ2v) is 6.26. The van der Waals surface area contributed by atoms with Crippen LogP contribution in [-0.2, 0) is 4.79 Å². The molecule has 0 bridgehead atoms. The van der Waals surface area contributed by atoms with E-state index < -0.39 is 11.4 Å². The van der Waals surface area contributed by atoms with Gasteiger partial charge in [0.15, 0.2) is 0 Å². The Morgan fingerprint density at radius 2 is 2.14 bits per heavy atom. The number of nitrogens with zero attached hydrogens (tertiary/aromatic N) is 3. The Bertz CT molecular complexity index is 771. The fourth-order valence-electron chi connectivity index (χ4n) is 3.95. The number of carbonyl (C=O) groups is 2. The molecule has 7 nitrogen and oxygen atoms in total. The summed E-state index contributed by atoms with van der Waals surface area (Å²) in [4.78, 5) is 26.1. The Balaban J connectivity index is 1.62. The van der Waals surface area contributed by atoms with Crippen LogP contribution in [0.5, 0.6) is 0 Å². The smallest absolute Gasteiger partial charge is 0.311 e. The van der Waals surface area contributed by atoms with Gasteiger partial charge in [0.05, 0.1) is 5.41 Å². The Kier molecular flexibility index (Phi) is 2.72. The van der Waals surface area contributed by atoms with Gasteiger partial charge in [-0.2, -0.15) is 15.4 Å². The van der Waals surface area contributed by atoms with Crippen LogP contribution in [0.4, 0.5) is 0 Å². The summed E-state index contributed by atoms with van der Waals surface area (Å²) in [5, 5.41) is 20.1. The van der Waals surface area contributed by atoms with E-state index in [0.29, 0.717) is 36.1 Å². The van der Waals surface area contributed by atoms with Crippen molar-refractivity contribution < 1.29 is 14.7 Å². The van der Waals surface area contributed by atoms with Crippen LogP contribution in [-0.4, -0.2) is 50.4 Å². The van der Waals surface area contributed by atoms with Crippen LogP contribution in [0.3, 0.4) is 0 Å². The highest BCUT2D eigenvalue weighted by atomic mass is 16.4. The molecule has 0 radical (unpaired) electrons. The maximum atomic E-state index is 12.7. The van der Waals surface area contributed by atoms with E-state index in [1.54, 1.807) is 23.1 Å². The lowest BCUT2D eigenvalue weighted by atomic mass is 9.81. The number of hydrogen-bond acceptors (Lipinski definition) is 4. The van der Waals surface area contributed by atoms with Crippen molar-refractivity contribution in [2.45, 2.75) is 19.3 Å². The van der Waals surface area contributed by atoms with Gasteiger partial charge >= 0.3 is 5.97 Å². The molecule has 1 amide bonds. The first-order valence-corrected chi connectivity index (χ1v) is 7.43. The summed E-state index contributed by atoms with van der Waals surface area (Å²) in [7, 11) is 0. The molecule has 1 saturated heterocycles. The highest BCUT2D eigenvalue weighted by molar-refractivity contribution is 5.98. The number of aromatic nitrogens is 3. The average Bonchev–Trinajstić information content (AvgIpc) is 3.18. The van der Waals surface area contributed by atoms with E-state index in [0.717, 1.165) is 12.8 Å². The molecule has 2 fully saturated rings. The number of amides is 1. The SMILES string of the molecule is O=C(c1ccc2n[nH]nc2c1)N1C[C@@H]2CCC[C@@]2(C(=O)O)C1. The van der Waals surface area contributed by atoms with Gasteiger partial charge in [-0.3, -0.25) is 9.59 Å². The quantitative estimate of drug-likeness (QED) is 0.870. The van der Waals surface area contributed by atoms with E-state index in [4.69, 9.17) is 0 Å². The summed E-state index contributed by atoms with van der Waals surface area (Å²) >= 11 is 0. The Morgan fingerprint density at radius 3 is 2.91 bits per heavy atom. The lowest BCUT2D eigenvalue weighted by molar-refractivity contribution is -0.149. The highest BCUT2D eigenvalue weighted by Crippen LogP contribution is 2.49. The van der Waals surface area contributed by atoms with Crippen LogP contribution >= 0.6 is 0 Å². The lowest BCUT2D eigenvalue weighted by Gasteiger charge is -2.23. The summed E-state index contributed by atoms with van der Waals surface area (Å²) in [6.07, 6.45) is 2.49. The normalized spacial score (nSPS) is 27.3. The summed E-state index contributed by atoms with van der Waals surface area (Å²) in [6, 6.07) is 5.16. The van der Waals surface area contributed by atoms with Gasteiger partial charge < -0.3 is 10.0 Å². The van der Waals surface area contributed by atoms with E-state index in [1.807, 2.05) is 0 Å². The van der Waals surface area contributed by atoms with Crippen molar-refractivity contribution in [3.63, 3.8) is 0 Å². The molecule has 1 aromatic heterocycles. The fraction of sp³-hybridized carbons (Fsp3) is 0.467. The number of benzene rings is 1. The van der Waals surface area contributed by atoms with Crippen molar-refractivity contribution in [2.24, 2.45) is 11.3 Å². The van der Waals surface area contributed by atoms with Crippen molar-refractivity contribution in [3.8, 4) is 0 Å². The number of hydrogen-bond donors (Lipinski definition) is 2. The zero-order valence-corrected chi connectivity index (χ0v) is 12.0. The lowest BCUT2D eigenvalue weighted by Crippen LogP contribution is -2.37. The third-order valence-electron chi connectivity index (χ3n) is 5.15. The number of aromatic amines is 1. The van der Waals surface area contributed by atoms with E-state index >= 15 is 0 Å². The van der Waals surface area contributed by atoms with Gasteiger partial charge in [0.2, 0.25) is 0 Å². The first-order chi connectivity index (χ1) is 10.6. The second kappa shape index (κ2) is 4.53. The number of likely N-dealkylation sites (tertiary alicyclic amines) is 1. The molecule has 1 aromatic carbocycles. The first-order valence-electron chi connectivity index (χ1n) is 7.43. The van der Waals surface area contributed by atoms with Gasteiger partial charge in [-0.15, -0.1) is 0 Å². The number of carboxylic acids is 1. The number of aliphatic carboxylic acids is 1. The van der Waals surface area contributed by atoms with E-state index in [2.05, 4.69) is 15.4 Å². The molecule has 2 aliphatic rings. The average molecular weight is 300 g/mol. The summed E-state index contributed by atoms with van der Waals surface area (Å²) in [5.41, 5.74) is 1.13. The molecule has 0 unspecified atom stereocenters. The molecule has 22 heavy (non-hydrogen) atoms. The molecular weight excluding hydrogens is 284 g/mol. The van der Waals surface area contributed by atoms with Gasteiger partial charge in [0, 0.05) is 18.7 Å². The molecule has 1 aliphatic carbocycles. The molecule has 2 aromatic rings. The minimum atomic E-state index is -0.766. The molecule has 2 N–H and O–H groups in total. The molecular formula is C15H16N4O3. The van der Waals surface area contributed by atoms with Gasteiger partial charge in [-0.05, 0) is 37.0 Å². The van der Waals surface area contributed by atoms with Gasteiger partial charge in [0.1, 0.15) is 11.0 Å². The van der Waals surface area contributed by atoms with E-state index in [1.165, 1.54) is 0 Å². The predicted molar refractivity (Wildman–Crippen MR) is 77.2 cm³/mol. The van der Waals surface area contributed by atoms with Crippen LogP contribution in [0, 0.1) is 11.3 Å². The molecule has 2 heterocycles. The number of rotatable bonds is 2. The standard InChI is InChI=1S/C15H16N4O3/c20-13(9-3-4-11-12(6-9)17-18-16-11)19-7-10-2-1-5-15(10,8-19)14(21)22/h3-4,6,10H,1-2,5,7-8H2,(H,21,22)(H,16,17,18)/t10-,15+/m0/s1. The van der Waals surface area contributed by atoms with E-state index in [9.17, 15) is 14.7 Å². The monoisotopic (exact) mass is 300 g/mol. The van der Waals surface area contributed by atoms with Gasteiger partial charge in [0.25, 0.3) is 5.91 Å². The van der Waals surface area contributed by atoms with Gasteiger partial charge in [-0.1, -0.05) is 6.42 Å². The summed E-state index contributed by atoms with van der Waals surface area (Å²) < 4.78 is 0. The maximum Gasteiger partial charge on any atom is 0.311 e. The van der Waals surface area contributed by atoms with Crippen molar-refractivity contribution in [1.29, 1.82) is 0 Å². The molecule has 7 heteroatoms. The molecule has 4 rings (SSSR count). The Labute approximate surface area is 126 Å². The number of fused-ring (bicyclic) bond motifs is 2. The third-order valence-corrected chi connectivity index (χ3v) is 5.15. The molecule has 1 saturated carbocycles. The predicted octanol–water partition coefficient (Wildman–Crippen LogP) is 1.28. The van der Waals surface area contributed by atoms with Crippen LogP contribution < -0.4 is 0 Å². The van der Waals surface area contributed by atoms with Crippen molar-refractivity contribution in [2.75, 3.05) is 13.1 Å². The molecule has 2 atom stereocenters. The molecule has 1 aliphatic heterocycles. The van der Waals surface area contributed by atoms with Crippen molar-refractivity contribution in [1.82, 2.24) is 20.3 Å².